The van der Waals surface area contributed by atoms with Crippen molar-refractivity contribution in [1.29, 1.82) is 0 Å². The average molecular weight is 431 g/mol. The second-order valence-electron chi connectivity index (χ2n) is 8.42. The molecule has 0 unspecified atom stereocenters. The molecule has 0 aliphatic carbocycles. The monoisotopic (exact) mass is 430 g/mol. The van der Waals surface area contributed by atoms with Crippen LogP contribution < -0.4 is 15.5 Å². The predicted molar refractivity (Wildman–Crippen MR) is 126 cm³/mol. The van der Waals surface area contributed by atoms with E-state index in [0.29, 0.717) is 0 Å². The first-order valence-corrected chi connectivity index (χ1v) is 11.0. The molecule has 2 aromatic heterocycles. The van der Waals surface area contributed by atoms with Gasteiger partial charge in [0, 0.05) is 40.2 Å². The highest BCUT2D eigenvalue weighted by molar-refractivity contribution is 6.30. The topological polar surface area (TPSA) is 68.9 Å². The standard InChI is InChI=1S/C24H23ClN6/c25-16-1-3-17(4-2-16)30-18-5-6-21-20(13-18)24(8-11-26-12-9-24)14-31(21)23-19-7-10-27-22(19)28-15-29-23/h1-7,10,13,15,26,30H,8-9,11-12,14H2,(H,27,28,29). The van der Waals surface area contributed by atoms with E-state index >= 15 is 0 Å². The molecule has 6 nitrogen and oxygen atoms in total. The average Bonchev–Trinajstić information content (AvgIpc) is 3.39. The van der Waals surface area contributed by atoms with Crippen molar-refractivity contribution < 1.29 is 0 Å². The van der Waals surface area contributed by atoms with Crippen molar-refractivity contribution in [1.82, 2.24) is 20.3 Å². The van der Waals surface area contributed by atoms with Crippen molar-refractivity contribution in [2.45, 2.75) is 18.3 Å². The molecule has 1 fully saturated rings. The molecular weight excluding hydrogens is 408 g/mol. The summed E-state index contributed by atoms with van der Waals surface area (Å²) in [7, 11) is 0. The van der Waals surface area contributed by atoms with Gasteiger partial charge in [-0.25, -0.2) is 9.97 Å². The van der Waals surface area contributed by atoms with Crippen molar-refractivity contribution in [3.63, 3.8) is 0 Å². The van der Waals surface area contributed by atoms with Crippen molar-refractivity contribution in [3.05, 3.63) is 71.6 Å². The summed E-state index contributed by atoms with van der Waals surface area (Å²) in [6.45, 7) is 3.00. The Labute approximate surface area is 185 Å². The Morgan fingerprint density at radius 1 is 0.968 bits per heavy atom. The van der Waals surface area contributed by atoms with Crippen molar-refractivity contribution in [3.8, 4) is 0 Å². The molecule has 0 radical (unpaired) electrons. The summed E-state index contributed by atoms with van der Waals surface area (Å²) >= 11 is 6.04. The predicted octanol–water partition coefficient (Wildman–Crippen LogP) is 5.13. The second-order valence-corrected chi connectivity index (χ2v) is 8.85. The number of nitrogens with zero attached hydrogens (tertiary/aromatic N) is 3. The van der Waals surface area contributed by atoms with Crippen molar-refractivity contribution >= 4 is 45.5 Å². The fraction of sp³-hybridized carbons (Fsp3) is 0.250. The molecule has 2 aliphatic heterocycles. The molecule has 0 atom stereocenters. The number of aromatic amines is 1. The van der Waals surface area contributed by atoms with Gasteiger partial charge in [-0.3, -0.25) is 0 Å². The largest absolute Gasteiger partial charge is 0.356 e. The molecule has 4 heterocycles. The molecule has 0 saturated carbocycles. The van der Waals surface area contributed by atoms with E-state index in [9.17, 15) is 0 Å². The number of hydrogen-bond donors (Lipinski definition) is 3. The zero-order chi connectivity index (χ0) is 20.8. The van der Waals surface area contributed by atoms with Gasteiger partial charge in [0.25, 0.3) is 0 Å². The minimum Gasteiger partial charge on any atom is -0.356 e. The van der Waals surface area contributed by atoms with Crippen molar-refractivity contribution in [2.75, 3.05) is 29.9 Å². The van der Waals surface area contributed by atoms with E-state index in [4.69, 9.17) is 11.6 Å². The van der Waals surface area contributed by atoms with Crippen LogP contribution in [-0.4, -0.2) is 34.6 Å². The Bertz CT molecular complexity index is 1240. The molecule has 2 aromatic carbocycles. The van der Waals surface area contributed by atoms with Gasteiger partial charge in [-0.15, -0.1) is 0 Å². The highest BCUT2D eigenvalue weighted by atomic mass is 35.5. The summed E-state index contributed by atoms with van der Waals surface area (Å²) in [5.41, 5.74) is 5.75. The first kappa shape index (κ1) is 18.7. The molecule has 31 heavy (non-hydrogen) atoms. The normalized spacial score (nSPS) is 17.3. The maximum atomic E-state index is 6.04. The third kappa shape index (κ3) is 3.14. The minimum atomic E-state index is 0.117. The van der Waals surface area contributed by atoms with Crippen LogP contribution in [-0.2, 0) is 5.41 Å². The number of fused-ring (bicyclic) bond motifs is 3. The van der Waals surface area contributed by atoms with Gasteiger partial charge in [0.2, 0.25) is 0 Å². The second kappa shape index (κ2) is 7.25. The van der Waals surface area contributed by atoms with E-state index < -0.39 is 0 Å². The molecule has 0 bridgehead atoms. The van der Waals surface area contributed by atoms with Crippen LogP contribution in [0.2, 0.25) is 5.02 Å². The van der Waals surface area contributed by atoms with E-state index in [1.165, 1.54) is 11.3 Å². The van der Waals surface area contributed by atoms with Gasteiger partial charge >= 0.3 is 0 Å². The Morgan fingerprint density at radius 2 is 1.77 bits per heavy atom. The van der Waals surface area contributed by atoms with E-state index in [2.05, 4.69) is 54.8 Å². The highest BCUT2D eigenvalue weighted by Crippen LogP contribution is 2.50. The maximum Gasteiger partial charge on any atom is 0.145 e. The van der Waals surface area contributed by atoms with Gasteiger partial charge in [0.15, 0.2) is 0 Å². The molecule has 6 rings (SSSR count). The minimum absolute atomic E-state index is 0.117. The van der Waals surface area contributed by atoms with Crippen molar-refractivity contribution in [2.24, 2.45) is 0 Å². The number of nitrogens with one attached hydrogen (secondary N) is 3. The Hall–Kier alpha value is -3.09. The molecule has 3 N–H and O–H groups in total. The van der Waals surface area contributed by atoms with Gasteiger partial charge in [-0.1, -0.05) is 11.6 Å². The number of benzene rings is 2. The van der Waals surface area contributed by atoms with Crippen LogP contribution in [0, 0.1) is 0 Å². The number of hydrogen-bond acceptors (Lipinski definition) is 5. The Morgan fingerprint density at radius 3 is 2.61 bits per heavy atom. The lowest BCUT2D eigenvalue weighted by Crippen LogP contribution is -2.42. The number of H-pyrrole nitrogens is 1. The van der Waals surface area contributed by atoms with Crippen LogP contribution in [0.15, 0.2) is 61.1 Å². The SMILES string of the molecule is Clc1ccc(Nc2ccc3c(c2)C2(CCNCC2)CN3c2ncnc3[nH]ccc23)cc1. The summed E-state index contributed by atoms with van der Waals surface area (Å²) < 4.78 is 0. The van der Waals surface area contributed by atoms with Gasteiger partial charge < -0.3 is 20.5 Å². The van der Waals surface area contributed by atoms with E-state index in [0.717, 1.165) is 65.7 Å². The summed E-state index contributed by atoms with van der Waals surface area (Å²) in [5, 5.41) is 8.87. The van der Waals surface area contributed by atoms with E-state index in [1.54, 1.807) is 6.33 Å². The van der Waals surface area contributed by atoms with Crippen LogP contribution in [0.3, 0.4) is 0 Å². The van der Waals surface area contributed by atoms with Gasteiger partial charge in [0.05, 0.1) is 5.39 Å². The highest BCUT2D eigenvalue weighted by Gasteiger charge is 2.44. The number of halogens is 1. The van der Waals surface area contributed by atoms with Gasteiger partial charge in [0.1, 0.15) is 17.8 Å². The zero-order valence-corrected chi connectivity index (χ0v) is 17.8. The third-order valence-electron chi connectivity index (χ3n) is 6.60. The lowest BCUT2D eigenvalue weighted by atomic mass is 9.74. The van der Waals surface area contributed by atoms with Crippen LogP contribution in [0.5, 0.6) is 0 Å². The summed E-state index contributed by atoms with van der Waals surface area (Å²) in [6, 6.07) is 16.6. The first-order valence-electron chi connectivity index (χ1n) is 10.7. The lowest BCUT2D eigenvalue weighted by molar-refractivity contribution is 0.329. The number of aromatic nitrogens is 3. The fourth-order valence-electron chi connectivity index (χ4n) is 5.04. The van der Waals surface area contributed by atoms with Gasteiger partial charge in [-0.05, 0) is 80.0 Å². The van der Waals surface area contributed by atoms with Crippen LogP contribution in [0.4, 0.5) is 22.9 Å². The summed E-state index contributed by atoms with van der Waals surface area (Å²) in [5.74, 6) is 0.973. The lowest BCUT2D eigenvalue weighted by Gasteiger charge is -2.35. The zero-order valence-electron chi connectivity index (χ0n) is 17.0. The molecule has 7 heteroatoms. The molecule has 1 saturated heterocycles. The summed E-state index contributed by atoms with van der Waals surface area (Å²) in [6.07, 6.45) is 5.81. The summed E-state index contributed by atoms with van der Waals surface area (Å²) in [4.78, 5) is 14.7. The Kier molecular flexibility index (Phi) is 4.37. The first-order chi connectivity index (χ1) is 15.2. The number of piperidine rings is 1. The quantitative estimate of drug-likeness (QED) is 0.420. The van der Waals surface area contributed by atoms with E-state index in [-0.39, 0.29) is 5.41 Å². The third-order valence-corrected chi connectivity index (χ3v) is 6.85. The maximum absolute atomic E-state index is 6.04. The Balaban J connectivity index is 1.44. The van der Waals surface area contributed by atoms with Crippen LogP contribution in [0.1, 0.15) is 18.4 Å². The number of anilines is 4. The molecule has 1 spiro atoms. The smallest absolute Gasteiger partial charge is 0.145 e. The molecule has 4 aromatic rings. The van der Waals surface area contributed by atoms with Crippen LogP contribution in [0.25, 0.3) is 11.0 Å². The molecule has 2 aliphatic rings. The van der Waals surface area contributed by atoms with E-state index in [1.807, 2.05) is 30.5 Å². The fourth-order valence-corrected chi connectivity index (χ4v) is 5.17. The molecule has 0 amide bonds. The molecule has 156 valence electrons. The van der Waals surface area contributed by atoms with Gasteiger partial charge in [-0.2, -0.15) is 0 Å². The molecular formula is C24H23ClN6. The van der Waals surface area contributed by atoms with Crippen LogP contribution >= 0.6 is 11.6 Å². The number of rotatable bonds is 3.